The van der Waals surface area contributed by atoms with E-state index in [0.717, 1.165) is 12.3 Å². The van der Waals surface area contributed by atoms with Gasteiger partial charge in [0.2, 0.25) is 0 Å². The van der Waals surface area contributed by atoms with Gasteiger partial charge in [-0.05, 0) is 30.4 Å². The van der Waals surface area contributed by atoms with Crippen molar-refractivity contribution >= 4 is 12.0 Å². The van der Waals surface area contributed by atoms with Crippen LogP contribution in [0.3, 0.4) is 0 Å². The lowest BCUT2D eigenvalue weighted by atomic mass is 10.2. The maximum Gasteiger partial charge on any atom is 0.111 e. The Morgan fingerprint density at radius 2 is 1.83 bits per heavy atom. The molecule has 0 saturated carbocycles. The fourth-order valence-electron chi connectivity index (χ4n) is 0.615. The number of hydrogen-bond donors (Lipinski definition) is 1. The molecule has 0 aromatic rings. The largest absolute Gasteiger partial charge is 0.300 e. The molecule has 0 rings (SSSR count). The van der Waals surface area contributed by atoms with E-state index >= 15 is 0 Å². The van der Waals surface area contributed by atoms with E-state index in [1.54, 1.807) is 12.0 Å². The molecule has 74 valence electrons. The van der Waals surface area contributed by atoms with Crippen LogP contribution in [0.4, 0.5) is 0 Å². The summed E-state index contributed by atoms with van der Waals surface area (Å²) in [6, 6.07) is 0. The van der Waals surface area contributed by atoms with Crippen molar-refractivity contribution in [2.24, 2.45) is 11.8 Å². The molecule has 0 aliphatic rings. The average Bonchev–Trinajstić information content (AvgIpc) is 1.95. The maximum absolute atomic E-state index is 5.30. The van der Waals surface area contributed by atoms with E-state index in [0.29, 0.717) is 18.6 Å². The van der Waals surface area contributed by atoms with Crippen molar-refractivity contribution in [1.82, 2.24) is 5.32 Å². The topological polar surface area (TPSA) is 21.3 Å². The second-order valence-corrected chi connectivity index (χ2v) is 4.59. The smallest absolute Gasteiger partial charge is 0.111 e. The molecular formula is C9H21NOS. The van der Waals surface area contributed by atoms with Gasteiger partial charge in [0.25, 0.3) is 0 Å². The van der Waals surface area contributed by atoms with Crippen molar-refractivity contribution < 1.29 is 4.18 Å². The van der Waals surface area contributed by atoms with Gasteiger partial charge in [-0.3, -0.25) is 5.32 Å². The Morgan fingerprint density at radius 1 is 1.17 bits per heavy atom. The molecule has 12 heavy (non-hydrogen) atoms. The summed E-state index contributed by atoms with van der Waals surface area (Å²) in [5, 5.41) is 3.22. The van der Waals surface area contributed by atoms with Gasteiger partial charge in [-0.2, -0.15) is 0 Å². The quantitative estimate of drug-likeness (QED) is 0.379. The first-order valence-electron chi connectivity index (χ1n) is 4.58. The molecule has 2 nitrogen and oxygen atoms in total. The summed E-state index contributed by atoms with van der Waals surface area (Å²) < 4.78 is 5.30. The summed E-state index contributed by atoms with van der Waals surface area (Å²) in [6.45, 7) is 10.5. The summed E-state index contributed by atoms with van der Waals surface area (Å²) in [4.78, 5) is 0. The summed E-state index contributed by atoms with van der Waals surface area (Å²) in [7, 11) is 0. The second-order valence-electron chi connectivity index (χ2n) is 3.79. The van der Waals surface area contributed by atoms with Crippen molar-refractivity contribution in [2.75, 3.05) is 19.0 Å². The van der Waals surface area contributed by atoms with Crippen LogP contribution in [0.1, 0.15) is 27.7 Å². The van der Waals surface area contributed by atoms with Gasteiger partial charge in [0.1, 0.15) is 6.73 Å². The van der Waals surface area contributed by atoms with Crippen LogP contribution in [-0.4, -0.2) is 19.0 Å². The van der Waals surface area contributed by atoms with Crippen molar-refractivity contribution in [3.63, 3.8) is 0 Å². The number of hydrogen-bond acceptors (Lipinski definition) is 3. The van der Waals surface area contributed by atoms with Gasteiger partial charge < -0.3 is 4.18 Å². The molecule has 0 atom stereocenters. The maximum atomic E-state index is 5.30. The summed E-state index contributed by atoms with van der Waals surface area (Å²) in [5.41, 5.74) is 0. The predicted molar refractivity (Wildman–Crippen MR) is 56.1 cm³/mol. The molecule has 0 bridgehead atoms. The van der Waals surface area contributed by atoms with Crippen LogP contribution < -0.4 is 5.32 Å². The first-order chi connectivity index (χ1) is 5.63. The first kappa shape index (κ1) is 12.3. The molecule has 0 spiro atoms. The molecular weight excluding hydrogens is 170 g/mol. The molecule has 0 fully saturated rings. The highest BCUT2D eigenvalue weighted by atomic mass is 32.2. The normalized spacial score (nSPS) is 11.5. The van der Waals surface area contributed by atoms with Crippen LogP contribution in [0.5, 0.6) is 0 Å². The Hall–Kier alpha value is 0.270. The lowest BCUT2D eigenvalue weighted by Gasteiger charge is -2.07. The van der Waals surface area contributed by atoms with E-state index in [1.807, 2.05) is 0 Å². The lowest BCUT2D eigenvalue weighted by molar-refractivity contribution is 0.319. The Bertz CT molecular complexity index is 84.5. The van der Waals surface area contributed by atoms with Crippen molar-refractivity contribution in [3.05, 3.63) is 0 Å². The van der Waals surface area contributed by atoms with Gasteiger partial charge in [0.15, 0.2) is 0 Å². The van der Waals surface area contributed by atoms with E-state index in [-0.39, 0.29) is 0 Å². The first-order valence-corrected chi connectivity index (χ1v) is 5.49. The zero-order valence-electron chi connectivity index (χ0n) is 8.59. The van der Waals surface area contributed by atoms with E-state index < -0.39 is 0 Å². The standard InChI is InChI=1S/C9H21NOS/c1-8(2)5-10-7-11-12-6-9(3)4/h8-10H,5-7H2,1-4H3. The molecule has 0 amide bonds. The predicted octanol–water partition coefficient (Wildman–Crippen LogP) is 2.51. The van der Waals surface area contributed by atoms with Crippen molar-refractivity contribution in [2.45, 2.75) is 27.7 Å². The van der Waals surface area contributed by atoms with E-state index in [1.165, 1.54) is 0 Å². The Labute approximate surface area is 80.7 Å². The van der Waals surface area contributed by atoms with E-state index in [9.17, 15) is 0 Å². The van der Waals surface area contributed by atoms with Gasteiger partial charge in [-0.15, -0.1) is 0 Å². The van der Waals surface area contributed by atoms with Gasteiger partial charge in [-0.25, -0.2) is 0 Å². The fourth-order valence-corrected chi connectivity index (χ4v) is 1.15. The molecule has 0 radical (unpaired) electrons. The molecule has 3 heteroatoms. The Balaban J connectivity index is 2.91. The SMILES string of the molecule is CC(C)CNCOSCC(C)C. The molecule has 0 aliphatic heterocycles. The average molecular weight is 191 g/mol. The minimum absolute atomic E-state index is 0.662. The Morgan fingerprint density at radius 3 is 2.33 bits per heavy atom. The van der Waals surface area contributed by atoms with Gasteiger partial charge >= 0.3 is 0 Å². The highest BCUT2D eigenvalue weighted by Crippen LogP contribution is 2.07. The van der Waals surface area contributed by atoms with E-state index in [4.69, 9.17) is 4.18 Å². The monoisotopic (exact) mass is 191 g/mol. The van der Waals surface area contributed by atoms with Crippen molar-refractivity contribution in [3.8, 4) is 0 Å². The third-order valence-electron chi connectivity index (χ3n) is 1.20. The summed E-state index contributed by atoms with van der Waals surface area (Å²) in [6.07, 6.45) is 0. The highest BCUT2D eigenvalue weighted by molar-refractivity contribution is 7.94. The summed E-state index contributed by atoms with van der Waals surface area (Å²) >= 11 is 1.55. The molecule has 0 unspecified atom stereocenters. The number of nitrogens with one attached hydrogen (secondary N) is 1. The van der Waals surface area contributed by atoms with Crippen LogP contribution >= 0.6 is 12.0 Å². The van der Waals surface area contributed by atoms with E-state index in [2.05, 4.69) is 33.0 Å². The molecule has 0 saturated heterocycles. The van der Waals surface area contributed by atoms with Crippen LogP contribution in [-0.2, 0) is 4.18 Å². The third-order valence-corrected chi connectivity index (χ3v) is 2.29. The molecule has 0 heterocycles. The van der Waals surface area contributed by atoms with Gasteiger partial charge in [0.05, 0.1) is 0 Å². The third kappa shape index (κ3) is 10.3. The van der Waals surface area contributed by atoms with Crippen LogP contribution in [0.25, 0.3) is 0 Å². The summed E-state index contributed by atoms with van der Waals surface area (Å²) in [5.74, 6) is 2.48. The van der Waals surface area contributed by atoms with Crippen LogP contribution in [0, 0.1) is 11.8 Å². The minimum Gasteiger partial charge on any atom is -0.300 e. The zero-order chi connectivity index (χ0) is 9.40. The molecule has 0 aromatic carbocycles. The Kier molecular flexibility index (Phi) is 8.07. The van der Waals surface area contributed by atoms with Crippen LogP contribution in [0.15, 0.2) is 0 Å². The van der Waals surface area contributed by atoms with Gasteiger partial charge in [-0.1, -0.05) is 27.7 Å². The highest BCUT2D eigenvalue weighted by Gasteiger charge is 1.95. The lowest BCUT2D eigenvalue weighted by Crippen LogP contribution is -2.21. The molecule has 1 N–H and O–H groups in total. The second kappa shape index (κ2) is 7.90. The van der Waals surface area contributed by atoms with Crippen molar-refractivity contribution in [1.29, 1.82) is 0 Å². The molecule has 0 aliphatic carbocycles. The van der Waals surface area contributed by atoms with Crippen LogP contribution in [0.2, 0.25) is 0 Å². The minimum atomic E-state index is 0.662. The van der Waals surface area contributed by atoms with Gasteiger partial charge in [0, 0.05) is 5.75 Å². The number of rotatable bonds is 7. The zero-order valence-corrected chi connectivity index (χ0v) is 9.41. The fraction of sp³-hybridized carbons (Fsp3) is 1.00. The molecule has 0 aromatic heterocycles.